The summed E-state index contributed by atoms with van der Waals surface area (Å²) in [6.45, 7) is 3.70. The monoisotopic (exact) mass is 168 g/mol. The predicted octanol–water partition coefficient (Wildman–Crippen LogP) is 1.41. The molecule has 0 bridgehead atoms. The van der Waals surface area contributed by atoms with Crippen molar-refractivity contribution in [3.05, 3.63) is 25.0 Å². The van der Waals surface area contributed by atoms with Crippen LogP contribution in [0.5, 0.6) is 0 Å². The van der Waals surface area contributed by atoms with E-state index in [0.717, 1.165) is 6.42 Å². The van der Waals surface area contributed by atoms with Crippen molar-refractivity contribution in [2.75, 3.05) is 6.61 Å². The molecule has 0 aromatic carbocycles. The van der Waals surface area contributed by atoms with Crippen molar-refractivity contribution in [3.63, 3.8) is 0 Å². The Morgan fingerprint density at radius 1 is 1.83 bits per heavy atom. The molecule has 0 aromatic rings. The third-order valence-corrected chi connectivity index (χ3v) is 1.54. The van der Waals surface area contributed by atoms with Gasteiger partial charge in [-0.25, -0.2) is 4.79 Å². The van der Waals surface area contributed by atoms with Gasteiger partial charge in [0.05, 0.1) is 6.26 Å². The van der Waals surface area contributed by atoms with Gasteiger partial charge in [0.1, 0.15) is 6.61 Å². The smallest absolute Gasteiger partial charge is 0.347 e. The number of rotatable bonds is 3. The Labute approximate surface area is 71.7 Å². The summed E-state index contributed by atoms with van der Waals surface area (Å²) in [4.78, 5) is 11.1. The number of esters is 1. The van der Waals surface area contributed by atoms with Gasteiger partial charge >= 0.3 is 5.97 Å². The summed E-state index contributed by atoms with van der Waals surface area (Å²) >= 11 is 0. The molecule has 1 aliphatic rings. The van der Waals surface area contributed by atoms with E-state index in [1.165, 1.54) is 6.08 Å². The van der Waals surface area contributed by atoms with Crippen molar-refractivity contribution >= 4 is 5.97 Å². The maximum absolute atomic E-state index is 11.1. The zero-order chi connectivity index (χ0) is 8.81. The minimum absolute atomic E-state index is 0.252. The molecule has 66 valence electrons. The van der Waals surface area contributed by atoms with Crippen molar-refractivity contribution < 1.29 is 14.3 Å². The summed E-state index contributed by atoms with van der Waals surface area (Å²) < 4.78 is 9.86. The molecule has 0 unspecified atom stereocenters. The molecule has 0 fully saturated rings. The van der Waals surface area contributed by atoms with E-state index in [9.17, 15) is 4.79 Å². The maximum atomic E-state index is 11.1. The van der Waals surface area contributed by atoms with E-state index in [2.05, 4.69) is 6.58 Å². The second-order valence-corrected chi connectivity index (χ2v) is 2.49. The molecule has 0 aliphatic carbocycles. The van der Waals surface area contributed by atoms with Crippen LogP contribution in [-0.2, 0) is 14.3 Å². The lowest BCUT2D eigenvalue weighted by molar-refractivity contribution is -0.153. The normalized spacial score (nSPS) is 21.2. The van der Waals surface area contributed by atoms with Gasteiger partial charge in [-0.05, 0) is 18.9 Å². The van der Waals surface area contributed by atoms with Crippen molar-refractivity contribution in [3.8, 4) is 0 Å². The van der Waals surface area contributed by atoms with E-state index >= 15 is 0 Å². The van der Waals surface area contributed by atoms with Crippen LogP contribution in [0.2, 0.25) is 0 Å². The molecule has 0 spiro atoms. The highest BCUT2D eigenvalue weighted by Gasteiger charge is 2.21. The molecular weight excluding hydrogens is 156 g/mol. The molecule has 1 aliphatic heterocycles. The van der Waals surface area contributed by atoms with E-state index in [4.69, 9.17) is 9.47 Å². The molecular formula is C9H12O3. The van der Waals surface area contributed by atoms with Crippen molar-refractivity contribution in [2.24, 2.45) is 0 Å². The molecule has 0 amide bonds. The van der Waals surface area contributed by atoms with Crippen molar-refractivity contribution in [2.45, 2.75) is 18.9 Å². The predicted molar refractivity (Wildman–Crippen MR) is 44.4 cm³/mol. The number of hydrogen-bond acceptors (Lipinski definition) is 3. The summed E-state index contributed by atoms with van der Waals surface area (Å²) in [5, 5.41) is 0. The van der Waals surface area contributed by atoms with Crippen LogP contribution in [0.25, 0.3) is 0 Å². The van der Waals surface area contributed by atoms with Crippen LogP contribution in [0.15, 0.2) is 25.0 Å². The summed E-state index contributed by atoms with van der Waals surface area (Å²) in [5.41, 5.74) is 0. The summed E-state index contributed by atoms with van der Waals surface area (Å²) in [6, 6.07) is 0. The lowest BCUT2D eigenvalue weighted by Gasteiger charge is -2.16. The molecule has 1 heterocycles. The Bertz CT molecular complexity index is 196. The topological polar surface area (TPSA) is 35.5 Å². The average Bonchev–Trinajstić information content (AvgIpc) is 2.15. The van der Waals surface area contributed by atoms with Gasteiger partial charge in [0.2, 0.25) is 0 Å². The minimum atomic E-state index is -0.421. The highest BCUT2D eigenvalue weighted by Crippen LogP contribution is 2.11. The Balaban J connectivity index is 2.31. The summed E-state index contributed by atoms with van der Waals surface area (Å²) in [5.74, 6) is -0.306. The first kappa shape index (κ1) is 8.84. The fourth-order valence-electron chi connectivity index (χ4n) is 0.941. The van der Waals surface area contributed by atoms with Crippen LogP contribution in [0.4, 0.5) is 0 Å². The SMILES string of the molecule is C=CCOC(=O)[C@H]1CCC=CO1. The van der Waals surface area contributed by atoms with Crippen molar-refractivity contribution in [1.82, 2.24) is 0 Å². The van der Waals surface area contributed by atoms with E-state index in [1.807, 2.05) is 6.08 Å². The highest BCUT2D eigenvalue weighted by molar-refractivity contribution is 5.75. The van der Waals surface area contributed by atoms with E-state index in [0.29, 0.717) is 6.42 Å². The van der Waals surface area contributed by atoms with E-state index < -0.39 is 6.10 Å². The van der Waals surface area contributed by atoms with Gasteiger partial charge in [-0.3, -0.25) is 0 Å². The van der Waals surface area contributed by atoms with E-state index in [-0.39, 0.29) is 12.6 Å². The zero-order valence-corrected chi connectivity index (χ0v) is 6.86. The first-order chi connectivity index (χ1) is 5.84. The van der Waals surface area contributed by atoms with Crippen LogP contribution >= 0.6 is 0 Å². The number of carbonyl (C=O) groups excluding carboxylic acids is 1. The van der Waals surface area contributed by atoms with Crippen LogP contribution < -0.4 is 0 Å². The van der Waals surface area contributed by atoms with Crippen LogP contribution in [0, 0.1) is 0 Å². The first-order valence-corrected chi connectivity index (χ1v) is 3.92. The fraction of sp³-hybridized carbons (Fsp3) is 0.444. The molecule has 12 heavy (non-hydrogen) atoms. The molecule has 3 nitrogen and oxygen atoms in total. The molecule has 0 N–H and O–H groups in total. The standard InChI is InChI=1S/C9H12O3/c1-2-6-12-9(10)8-5-3-4-7-11-8/h2,4,7-8H,1,3,5-6H2/t8-/m1/s1. The van der Waals surface area contributed by atoms with Gasteiger partial charge in [0.25, 0.3) is 0 Å². The first-order valence-electron chi connectivity index (χ1n) is 3.92. The second kappa shape index (κ2) is 4.59. The Morgan fingerprint density at radius 3 is 3.25 bits per heavy atom. The molecule has 1 rings (SSSR count). The third-order valence-electron chi connectivity index (χ3n) is 1.54. The van der Waals surface area contributed by atoms with Crippen molar-refractivity contribution in [1.29, 1.82) is 0 Å². The highest BCUT2D eigenvalue weighted by atomic mass is 16.6. The van der Waals surface area contributed by atoms with Crippen LogP contribution in [0.1, 0.15) is 12.8 Å². The number of allylic oxidation sites excluding steroid dienone is 1. The zero-order valence-electron chi connectivity index (χ0n) is 6.86. The third kappa shape index (κ3) is 2.42. The van der Waals surface area contributed by atoms with Gasteiger partial charge < -0.3 is 9.47 Å². The summed E-state index contributed by atoms with van der Waals surface area (Å²) in [7, 11) is 0. The quantitative estimate of drug-likeness (QED) is 0.472. The lowest BCUT2D eigenvalue weighted by atomic mass is 10.2. The summed E-state index contributed by atoms with van der Waals surface area (Å²) in [6.07, 6.45) is 6.12. The van der Waals surface area contributed by atoms with Gasteiger partial charge in [-0.2, -0.15) is 0 Å². The Hall–Kier alpha value is -1.25. The van der Waals surface area contributed by atoms with Gasteiger partial charge in [-0.1, -0.05) is 12.7 Å². The van der Waals surface area contributed by atoms with Crippen LogP contribution in [-0.4, -0.2) is 18.7 Å². The van der Waals surface area contributed by atoms with Gasteiger partial charge in [-0.15, -0.1) is 0 Å². The average molecular weight is 168 g/mol. The molecule has 0 aromatic heterocycles. The molecule has 0 saturated heterocycles. The minimum Gasteiger partial charge on any atom is -0.487 e. The molecule has 3 heteroatoms. The van der Waals surface area contributed by atoms with Gasteiger partial charge in [0.15, 0.2) is 6.10 Å². The number of ether oxygens (including phenoxy) is 2. The number of hydrogen-bond donors (Lipinski definition) is 0. The van der Waals surface area contributed by atoms with E-state index in [1.54, 1.807) is 6.26 Å². The largest absolute Gasteiger partial charge is 0.487 e. The Morgan fingerprint density at radius 2 is 2.67 bits per heavy atom. The van der Waals surface area contributed by atoms with Crippen LogP contribution in [0.3, 0.4) is 0 Å². The molecule has 1 atom stereocenters. The lowest BCUT2D eigenvalue weighted by Crippen LogP contribution is -2.26. The fourth-order valence-corrected chi connectivity index (χ4v) is 0.941. The molecule has 0 saturated carbocycles. The second-order valence-electron chi connectivity index (χ2n) is 2.49. The van der Waals surface area contributed by atoms with Gasteiger partial charge in [0, 0.05) is 0 Å². The molecule has 0 radical (unpaired) electrons. The Kier molecular flexibility index (Phi) is 3.38. The maximum Gasteiger partial charge on any atom is 0.347 e. The number of carbonyl (C=O) groups is 1.